The van der Waals surface area contributed by atoms with Crippen LogP contribution in [0.3, 0.4) is 0 Å². The van der Waals surface area contributed by atoms with Crippen molar-refractivity contribution in [3.05, 3.63) is 101 Å². The van der Waals surface area contributed by atoms with Crippen molar-refractivity contribution in [2.24, 2.45) is 5.92 Å². The number of benzene rings is 3. The number of nitrogens with zero attached hydrogens (tertiary/aromatic N) is 3. The smallest absolute Gasteiger partial charge is 0.408 e. The van der Waals surface area contributed by atoms with E-state index in [1.165, 1.54) is 13.2 Å². The van der Waals surface area contributed by atoms with E-state index >= 15 is 0 Å². The van der Waals surface area contributed by atoms with Gasteiger partial charge < -0.3 is 29.3 Å². The topological polar surface area (TPSA) is 101 Å². The number of piperidine rings is 1. The monoisotopic (exact) mass is 674 g/mol. The summed E-state index contributed by atoms with van der Waals surface area (Å²) in [7, 11) is 1.39. The number of carbonyl (C=O) groups is 3. The fourth-order valence-electron chi connectivity index (χ4n) is 6.64. The first-order valence-corrected chi connectivity index (χ1v) is 17.1. The average molecular weight is 675 g/mol. The van der Waals surface area contributed by atoms with E-state index in [1.807, 2.05) is 55.5 Å². The van der Waals surface area contributed by atoms with Crippen LogP contribution < -0.4 is 10.1 Å². The van der Waals surface area contributed by atoms with Crippen LogP contribution in [0.2, 0.25) is 0 Å². The number of likely N-dealkylation sites (tertiary alicyclic amines) is 1. The number of ether oxygens (including phenoxy) is 3. The summed E-state index contributed by atoms with van der Waals surface area (Å²) in [5.41, 5.74) is 2.90. The van der Waals surface area contributed by atoms with Gasteiger partial charge in [0, 0.05) is 44.8 Å². The molecule has 2 aliphatic heterocycles. The number of hydrogen-bond donors (Lipinski definition) is 1. The summed E-state index contributed by atoms with van der Waals surface area (Å²) in [6, 6.07) is 21.1. The molecule has 0 unspecified atom stereocenters. The largest absolute Gasteiger partial charge is 0.493 e. The van der Waals surface area contributed by atoms with Crippen LogP contribution >= 0.6 is 0 Å². The minimum atomic E-state index is -0.729. The molecule has 1 atom stereocenters. The van der Waals surface area contributed by atoms with Crippen LogP contribution in [-0.4, -0.2) is 98.2 Å². The van der Waals surface area contributed by atoms with Crippen molar-refractivity contribution in [2.75, 3.05) is 59.5 Å². The molecule has 262 valence electrons. The highest BCUT2D eigenvalue weighted by Crippen LogP contribution is 2.26. The predicted molar refractivity (Wildman–Crippen MR) is 184 cm³/mol. The van der Waals surface area contributed by atoms with Crippen LogP contribution in [0.25, 0.3) is 0 Å². The van der Waals surface area contributed by atoms with Crippen LogP contribution in [0.5, 0.6) is 5.75 Å². The summed E-state index contributed by atoms with van der Waals surface area (Å²) in [5, 5.41) is 2.93. The Bertz CT molecular complexity index is 1540. The average Bonchev–Trinajstić information content (AvgIpc) is 3.14. The van der Waals surface area contributed by atoms with E-state index in [4.69, 9.17) is 14.2 Å². The van der Waals surface area contributed by atoms with Crippen molar-refractivity contribution in [1.29, 1.82) is 0 Å². The van der Waals surface area contributed by atoms with Crippen molar-refractivity contribution in [3.8, 4) is 5.75 Å². The lowest BCUT2D eigenvalue weighted by Crippen LogP contribution is -2.58. The van der Waals surface area contributed by atoms with Gasteiger partial charge in [-0.2, -0.15) is 0 Å². The van der Waals surface area contributed by atoms with Gasteiger partial charge in [-0.25, -0.2) is 14.0 Å². The summed E-state index contributed by atoms with van der Waals surface area (Å²) in [6.45, 7) is 7.17. The Morgan fingerprint density at radius 1 is 0.878 bits per heavy atom. The van der Waals surface area contributed by atoms with Gasteiger partial charge in [0.05, 0.1) is 19.3 Å². The van der Waals surface area contributed by atoms with Crippen molar-refractivity contribution in [2.45, 2.75) is 45.4 Å². The summed E-state index contributed by atoms with van der Waals surface area (Å²) >= 11 is 0. The Kier molecular flexibility index (Phi) is 13.0. The maximum atomic E-state index is 14.7. The van der Waals surface area contributed by atoms with Crippen molar-refractivity contribution < 1.29 is 33.0 Å². The lowest BCUT2D eigenvalue weighted by molar-refractivity contribution is -0.137. The molecule has 0 spiro atoms. The lowest BCUT2D eigenvalue weighted by Gasteiger charge is -2.40. The highest BCUT2D eigenvalue weighted by atomic mass is 19.1. The number of esters is 1. The van der Waals surface area contributed by atoms with Gasteiger partial charge in [0.25, 0.3) is 0 Å². The van der Waals surface area contributed by atoms with Gasteiger partial charge >= 0.3 is 12.1 Å². The number of halogens is 1. The molecule has 0 bridgehead atoms. The number of alkyl carbamates (subject to hydrolysis) is 1. The minimum absolute atomic E-state index is 0.0689. The van der Waals surface area contributed by atoms with Gasteiger partial charge in [0.1, 0.15) is 24.2 Å². The zero-order valence-corrected chi connectivity index (χ0v) is 28.4. The van der Waals surface area contributed by atoms with E-state index < -0.39 is 12.1 Å². The summed E-state index contributed by atoms with van der Waals surface area (Å²) in [6.07, 6.45) is 1.53. The second-order valence-corrected chi connectivity index (χ2v) is 12.5. The number of amides is 2. The van der Waals surface area contributed by atoms with E-state index in [0.29, 0.717) is 62.6 Å². The molecular formula is C38H47FN4O6. The first-order chi connectivity index (χ1) is 23.9. The quantitative estimate of drug-likeness (QED) is 0.256. The Morgan fingerprint density at radius 3 is 2.31 bits per heavy atom. The molecule has 11 heteroatoms. The molecule has 0 saturated carbocycles. The van der Waals surface area contributed by atoms with Crippen molar-refractivity contribution in [1.82, 2.24) is 20.0 Å². The molecule has 3 aromatic rings. The SMILES string of the molecule is CCOc1cccc(F)c1CN1CCN(C(=O)[C@H](NC(=O)OCc2ccccc2)C2CCN(CCc3ccccc3C(=O)OC)CC2)CC1. The van der Waals surface area contributed by atoms with Gasteiger partial charge in [-0.1, -0.05) is 54.6 Å². The summed E-state index contributed by atoms with van der Waals surface area (Å²) < 4.78 is 30.9. The molecule has 2 aliphatic rings. The molecule has 0 aromatic heterocycles. The Labute approximate surface area is 288 Å². The van der Waals surface area contributed by atoms with Crippen LogP contribution in [0.4, 0.5) is 9.18 Å². The highest BCUT2D eigenvalue weighted by Gasteiger charge is 2.37. The highest BCUT2D eigenvalue weighted by molar-refractivity contribution is 5.91. The maximum Gasteiger partial charge on any atom is 0.408 e. The number of rotatable bonds is 13. The normalized spacial score (nSPS) is 16.5. The molecule has 2 fully saturated rings. The number of carbonyl (C=O) groups excluding carboxylic acids is 3. The molecular weight excluding hydrogens is 627 g/mol. The molecule has 3 aromatic carbocycles. The third-order valence-corrected chi connectivity index (χ3v) is 9.42. The Hall–Kier alpha value is -4.48. The summed E-state index contributed by atoms with van der Waals surface area (Å²) in [5.74, 6) is -0.299. The van der Waals surface area contributed by atoms with Gasteiger partial charge in [-0.3, -0.25) is 9.69 Å². The fraction of sp³-hybridized carbons (Fsp3) is 0.447. The van der Waals surface area contributed by atoms with Gasteiger partial charge in [-0.15, -0.1) is 0 Å². The molecule has 0 aliphatic carbocycles. The number of methoxy groups -OCH3 is 1. The number of hydrogen-bond acceptors (Lipinski definition) is 8. The molecule has 2 saturated heterocycles. The Balaban J connectivity index is 1.20. The van der Waals surface area contributed by atoms with Gasteiger partial charge in [-0.05, 0) is 74.5 Å². The summed E-state index contributed by atoms with van der Waals surface area (Å²) in [4.78, 5) is 45.6. The predicted octanol–water partition coefficient (Wildman–Crippen LogP) is 4.90. The third-order valence-electron chi connectivity index (χ3n) is 9.42. The van der Waals surface area contributed by atoms with E-state index in [9.17, 15) is 18.8 Å². The van der Waals surface area contributed by atoms with Crippen molar-refractivity contribution in [3.63, 3.8) is 0 Å². The standard InChI is InChI=1S/C38H47FN4O6/c1-3-48-34-15-9-14-33(39)32(34)26-42-22-24-43(25-23-42)36(44)35(40-38(46)49-27-28-10-5-4-6-11-28)30-17-20-41(21-18-30)19-16-29-12-7-8-13-31(29)37(45)47-2/h4-15,30,35H,3,16-27H2,1-2H3,(H,40,46)/t35-/m1/s1. The van der Waals surface area contributed by atoms with E-state index in [0.717, 1.165) is 43.6 Å². The zero-order chi connectivity index (χ0) is 34.6. The second kappa shape index (κ2) is 17.8. The zero-order valence-electron chi connectivity index (χ0n) is 28.4. The number of nitrogens with one attached hydrogen (secondary N) is 1. The minimum Gasteiger partial charge on any atom is -0.493 e. The van der Waals surface area contributed by atoms with Gasteiger partial charge in [0.2, 0.25) is 5.91 Å². The van der Waals surface area contributed by atoms with Crippen LogP contribution in [-0.2, 0) is 33.8 Å². The van der Waals surface area contributed by atoms with Crippen LogP contribution in [0.15, 0.2) is 72.8 Å². The molecule has 2 heterocycles. The van der Waals surface area contributed by atoms with Crippen LogP contribution in [0, 0.1) is 11.7 Å². The molecule has 10 nitrogen and oxygen atoms in total. The number of piperazine rings is 1. The Morgan fingerprint density at radius 2 is 1.59 bits per heavy atom. The molecule has 1 N–H and O–H groups in total. The molecule has 2 amide bonds. The first kappa shape index (κ1) is 35.8. The third kappa shape index (κ3) is 9.79. The molecule has 49 heavy (non-hydrogen) atoms. The lowest BCUT2D eigenvalue weighted by atomic mass is 9.88. The van der Waals surface area contributed by atoms with Crippen LogP contribution in [0.1, 0.15) is 46.8 Å². The van der Waals surface area contributed by atoms with E-state index in [1.54, 1.807) is 23.1 Å². The molecule has 0 radical (unpaired) electrons. The second-order valence-electron chi connectivity index (χ2n) is 12.5. The van der Waals surface area contributed by atoms with E-state index in [2.05, 4.69) is 15.1 Å². The first-order valence-electron chi connectivity index (χ1n) is 17.1. The van der Waals surface area contributed by atoms with Gasteiger partial charge in [0.15, 0.2) is 0 Å². The molecule has 5 rings (SSSR count). The van der Waals surface area contributed by atoms with Crippen molar-refractivity contribution >= 4 is 18.0 Å². The fourth-order valence-corrected chi connectivity index (χ4v) is 6.64. The maximum absolute atomic E-state index is 14.7. The van der Waals surface area contributed by atoms with E-state index in [-0.39, 0.29) is 30.2 Å².